The lowest BCUT2D eigenvalue weighted by molar-refractivity contribution is 0.305. The van der Waals surface area contributed by atoms with Crippen molar-refractivity contribution in [1.82, 2.24) is 0 Å². The lowest BCUT2D eigenvalue weighted by Crippen LogP contribution is -2.03. The first-order valence-corrected chi connectivity index (χ1v) is 23.4. The topological polar surface area (TPSA) is 18.5 Å². The second-order valence-electron chi connectivity index (χ2n) is 10.2. The predicted molar refractivity (Wildman–Crippen MR) is 218 cm³/mol. The van der Waals surface area contributed by atoms with Crippen molar-refractivity contribution in [1.29, 1.82) is 0 Å². The van der Waals surface area contributed by atoms with Crippen LogP contribution < -0.4 is 9.47 Å². The number of hydrogen-bond donors (Lipinski definition) is 0. The molecule has 0 saturated carbocycles. The van der Waals surface area contributed by atoms with E-state index in [-0.39, 0.29) is 0 Å². The van der Waals surface area contributed by atoms with Crippen LogP contribution >= 0.6 is 94.1 Å². The number of benzene rings is 2. The number of ether oxygens (including phenoxy) is 2. The lowest BCUT2D eigenvalue weighted by atomic mass is 10.0. The fraction of sp³-hybridized carbons (Fsp3) is 0.471. The standard InChI is InChI=1S/C34H44O2S8/c1-7-9-11-13-19-35-29-23(21-27-41-31(37-3)32(38-4)42-27)15-18-26-25(29)17-16-24(30(26)36-20-14-12-10-8-2)22-28-43-33(39-5)34(40-6)44-28/h15-18,21-22H,7-14,19-20H2,1-6H3. The van der Waals surface area contributed by atoms with Crippen LogP contribution in [-0.4, -0.2) is 38.2 Å². The van der Waals surface area contributed by atoms with Crippen LogP contribution in [0, 0.1) is 0 Å². The van der Waals surface area contributed by atoms with Crippen molar-refractivity contribution in [2.24, 2.45) is 0 Å². The van der Waals surface area contributed by atoms with Gasteiger partial charge in [-0.15, -0.1) is 47.0 Å². The van der Waals surface area contributed by atoms with E-state index in [0.29, 0.717) is 0 Å². The van der Waals surface area contributed by atoms with Crippen LogP contribution in [0.3, 0.4) is 0 Å². The summed E-state index contributed by atoms with van der Waals surface area (Å²) < 4.78 is 21.5. The van der Waals surface area contributed by atoms with Gasteiger partial charge in [0, 0.05) is 21.9 Å². The molecule has 0 aromatic heterocycles. The minimum absolute atomic E-state index is 0.729. The third-order valence-electron chi connectivity index (χ3n) is 7.05. The normalized spacial score (nSPS) is 15.2. The minimum Gasteiger partial charge on any atom is -0.492 e. The summed E-state index contributed by atoms with van der Waals surface area (Å²) in [6, 6.07) is 9.00. The molecule has 0 atom stereocenters. The first-order valence-electron chi connectivity index (χ1n) is 15.2. The van der Waals surface area contributed by atoms with Crippen molar-refractivity contribution in [2.45, 2.75) is 65.2 Å². The monoisotopic (exact) mass is 740 g/mol. The molecule has 4 rings (SSSR count). The minimum atomic E-state index is 0.729. The summed E-state index contributed by atoms with van der Waals surface area (Å²) in [6.45, 7) is 5.97. The van der Waals surface area contributed by atoms with Gasteiger partial charge in [0.05, 0.1) is 38.6 Å². The Morgan fingerprint density at radius 1 is 0.523 bits per heavy atom. The van der Waals surface area contributed by atoms with E-state index in [4.69, 9.17) is 9.47 Å². The molecule has 2 aliphatic heterocycles. The molecule has 0 fully saturated rings. The molecule has 2 aromatic rings. The number of fused-ring (bicyclic) bond motifs is 1. The van der Waals surface area contributed by atoms with Crippen LogP contribution in [0.15, 0.2) is 49.7 Å². The number of unbranched alkanes of at least 4 members (excludes halogenated alkanes) is 6. The molecule has 2 nitrogen and oxygen atoms in total. The van der Waals surface area contributed by atoms with E-state index >= 15 is 0 Å². The summed E-state index contributed by atoms with van der Waals surface area (Å²) in [5.41, 5.74) is 2.29. The maximum Gasteiger partial charge on any atom is 0.134 e. The molecule has 44 heavy (non-hydrogen) atoms. The summed E-state index contributed by atoms with van der Waals surface area (Å²) in [5, 5.41) is 2.27. The molecular formula is C34H44O2S8. The Hall–Kier alpha value is 0.0600. The Bertz CT molecular complexity index is 1250. The van der Waals surface area contributed by atoms with Gasteiger partial charge in [-0.05, 0) is 62.1 Å². The molecule has 0 bridgehead atoms. The van der Waals surface area contributed by atoms with Crippen LogP contribution in [0.4, 0.5) is 0 Å². The van der Waals surface area contributed by atoms with Crippen molar-refractivity contribution >= 4 is 117 Å². The molecular weight excluding hydrogens is 697 g/mol. The van der Waals surface area contributed by atoms with Gasteiger partial charge in [0.2, 0.25) is 0 Å². The largest absolute Gasteiger partial charge is 0.492 e. The zero-order valence-electron chi connectivity index (χ0n) is 26.6. The lowest BCUT2D eigenvalue weighted by Gasteiger charge is -2.18. The van der Waals surface area contributed by atoms with Gasteiger partial charge in [0.1, 0.15) is 11.5 Å². The fourth-order valence-corrected chi connectivity index (χ4v) is 14.6. The van der Waals surface area contributed by atoms with E-state index in [2.05, 4.69) is 75.3 Å². The highest BCUT2D eigenvalue weighted by Crippen LogP contribution is 2.58. The fourth-order valence-electron chi connectivity index (χ4n) is 4.79. The second-order valence-corrected chi connectivity index (χ2v) is 19.2. The number of rotatable bonds is 18. The van der Waals surface area contributed by atoms with Gasteiger partial charge in [0.25, 0.3) is 0 Å². The van der Waals surface area contributed by atoms with Crippen LogP contribution in [0.1, 0.15) is 76.3 Å². The van der Waals surface area contributed by atoms with E-state index in [1.807, 2.05) is 94.1 Å². The molecule has 2 heterocycles. The molecule has 10 heteroatoms. The average molecular weight is 741 g/mol. The van der Waals surface area contributed by atoms with E-state index in [0.717, 1.165) is 59.5 Å². The highest BCUT2D eigenvalue weighted by molar-refractivity contribution is 8.41. The number of hydrogen-bond acceptors (Lipinski definition) is 10. The quantitative estimate of drug-likeness (QED) is 0.137. The van der Waals surface area contributed by atoms with Gasteiger partial charge in [-0.25, -0.2) is 0 Å². The van der Waals surface area contributed by atoms with Gasteiger partial charge in [-0.3, -0.25) is 0 Å². The molecule has 240 valence electrons. The Balaban J connectivity index is 1.74. The van der Waals surface area contributed by atoms with E-state index in [9.17, 15) is 0 Å². The molecule has 2 aromatic carbocycles. The van der Waals surface area contributed by atoms with Crippen LogP contribution in [0.2, 0.25) is 0 Å². The Kier molecular flexibility index (Phi) is 16.6. The smallest absolute Gasteiger partial charge is 0.134 e. The van der Waals surface area contributed by atoms with Gasteiger partial charge >= 0.3 is 0 Å². The van der Waals surface area contributed by atoms with Gasteiger partial charge in [0.15, 0.2) is 0 Å². The van der Waals surface area contributed by atoms with Crippen molar-refractivity contribution < 1.29 is 9.47 Å². The summed E-state index contributed by atoms with van der Waals surface area (Å²) in [7, 11) is 0. The Morgan fingerprint density at radius 3 is 1.20 bits per heavy atom. The van der Waals surface area contributed by atoms with Gasteiger partial charge in [-0.2, -0.15) is 0 Å². The predicted octanol–water partition coefficient (Wildman–Crippen LogP) is 14.0. The molecule has 0 spiro atoms. The highest BCUT2D eigenvalue weighted by Gasteiger charge is 2.23. The van der Waals surface area contributed by atoms with Crippen LogP contribution in [-0.2, 0) is 0 Å². The van der Waals surface area contributed by atoms with Crippen LogP contribution in [0.25, 0.3) is 22.9 Å². The first-order chi connectivity index (χ1) is 21.6. The van der Waals surface area contributed by atoms with Crippen molar-refractivity contribution in [2.75, 3.05) is 38.2 Å². The van der Waals surface area contributed by atoms with Crippen molar-refractivity contribution in [3.05, 3.63) is 60.8 Å². The molecule has 2 aliphatic rings. The summed E-state index contributed by atoms with van der Waals surface area (Å²) in [4.78, 5) is 0. The zero-order valence-corrected chi connectivity index (χ0v) is 33.1. The zero-order chi connectivity index (χ0) is 31.3. The number of thioether (sulfide) groups is 8. The first kappa shape index (κ1) is 36.9. The second kappa shape index (κ2) is 19.8. The summed E-state index contributed by atoms with van der Waals surface area (Å²) in [6.07, 6.45) is 22.8. The maximum atomic E-state index is 6.68. The highest BCUT2D eigenvalue weighted by atomic mass is 32.3. The molecule has 0 radical (unpaired) electrons. The third-order valence-corrected chi connectivity index (χ3v) is 17.2. The molecule has 0 aliphatic carbocycles. The molecule has 0 amide bonds. The summed E-state index contributed by atoms with van der Waals surface area (Å²) >= 11 is 14.9. The summed E-state index contributed by atoms with van der Waals surface area (Å²) in [5.74, 6) is 1.96. The molecule has 0 N–H and O–H groups in total. The van der Waals surface area contributed by atoms with Gasteiger partial charge in [-0.1, -0.05) is 112 Å². The van der Waals surface area contributed by atoms with E-state index < -0.39 is 0 Å². The van der Waals surface area contributed by atoms with Crippen molar-refractivity contribution in [3.8, 4) is 11.5 Å². The molecule has 0 saturated heterocycles. The molecule has 0 unspecified atom stereocenters. The maximum absolute atomic E-state index is 6.68. The Labute approximate surface area is 299 Å². The van der Waals surface area contributed by atoms with Gasteiger partial charge < -0.3 is 9.47 Å². The Morgan fingerprint density at radius 2 is 0.886 bits per heavy atom. The van der Waals surface area contributed by atoms with Crippen LogP contribution in [0.5, 0.6) is 11.5 Å². The van der Waals surface area contributed by atoms with E-state index in [1.165, 1.54) is 63.9 Å². The average Bonchev–Trinajstić information content (AvgIpc) is 3.64. The van der Waals surface area contributed by atoms with E-state index in [1.54, 1.807) is 0 Å². The van der Waals surface area contributed by atoms with Crippen molar-refractivity contribution in [3.63, 3.8) is 0 Å². The third kappa shape index (κ3) is 10.0. The SMILES string of the molecule is CCCCCCOc1c(C=C2SC(SC)=C(SC)S2)ccc2c(OCCCCCC)c(C=C3SC(SC)=C(SC)S3)ccc12.